The molecule has 2 aromatic carbocycles. The second-order valence-electron chi connectivity index (χ2n) is 9.38. The Morgan fingerprint density at radius 2 is 1.65 bits per heavy atom. The average Bonchev–Trinajstić information content (AvgIpc) is 2.77. The molecule has 3 heteroatoms. The summed E-state index contributed by atoms with van der Waals surface area (Å²) in [6.45, 7) is 5.77. The van der Waals surface area contributed by atoms with Crippen LogP contribution in [0, 0.1) is 10.8 Å². The lowest BCUT2D eigenvalue weighted by atomic mass is 9.70. The first-order valence-electron chi connectivity index (χ1n) is 11.1. The summed E-state index contributed by atoms with van der Waals surface area (Å²) in [4.78, 5) is 27.8. The number of ketones is 1. The normalized spacial score (nSPS) is 19.8. The lowest BCUT2D eigenvalue weighted by Gasteiger charge is -2.33. The lowest BCUT2D eigenvalue weighted by Crippen LogP contribution is -2.36. The van der Waals surface area contributed by atoms with Gasteiger partial charge >= 0.3 is 0 Å². The van der Waals surface area contributed by atoms with Crippen molar-refractivity contribution >= 4 is 23.5 Å². The summed E-state index contributed by atoms with van der Waals surface area (Å²) in [6, 6.07) is 19.8. The zero-order valence-corrected chi connectivity index (χ0v) is 18.9. The molecule has 1 aliphatic carbocycles. The molecule has 0 bridgehead atoms. The molecule has 0 radical (unpaired) electrons. The Morgan fingerprint density at radius 1 is 1.00 bits per heavy atom. The van der Waals surface area contributed by atoms with E-state index in [-0.39, 0.29) is 5.91 Å². The van der Waals surface area contributed by atoms with E-state index in [0.717, 1.165) is 30.5 Å². The summed E-state index contributed by atoms with van der Waals surface area (Å²) in [7, 11) is 0. The van der Waals surface area contributed by atoms with Gasteiger partial charge in [-0.3, -0.25) is 14.5 Å². The summed E-state index contributed by atoms with van der Waals surface area (Å²) in [6.07, 6.45) is 12.1. The molecule has 1 fully saturated rings. The zero-order valence-electron chi connectivity index (χ0n) is 18.9. The minimum atomic E-state index is -0.508. The van der Waals surface area contributed by atoms with Crippen molar-refractivity contribution in [1.82, 2.24) is 0 Å². The van der Waals surface area contributed by atoms with E-state index < -0.39 is 10.8 Å². The predicted molar refractivity (Wildman–Crippen MR) is 129 cm³/mol. The maximum Gasteiger partial charge on any atom is 0.236 e. The van der Waals surface area contributed by atoms with Crippen LogP contribution in [-0.2, 0) is 9.59 Å². The molecule has 31 heavy (non-hydrogen) atoms. The maximum absolute atomic E-state index is 13.1. The van der Waals surface area contributed by atoms with Crippen LogP contribution >= 0.6 is 0 Å². The van der Waals surface area contributed by atoms with Gasteiger partial charge in [-0.15, -0.1) is 0 Å². The van der Waals surface area contributed by atoms with Crippen LogP contribution < -0.4 is 4.90 Å². The fraction of sp³-hybridized carbons (Fsp3) is 0.357. The Balaban J connectivity index is 1.87. The molecule has 3 rings (SSSR count). The van der Waals surface area contributed by atoms with E-state index in [4.69, 9.17) is 0 Å². The highest BCUT2D eigenvalue weighted by molar-refractivity contribution is 5.98. The van der Waals surface area contributed by atoms with E-state index in [1.54, 1.807) is 4.90 Å². The van der Waals surface area contributed by atoms with Crippen LogP contribution in [0.25, 0.3) is 6.08 Å². The number of anilines is 1. The average molecular weight is 416 g/mol. The largest absolute Gasteiger partial charge is 0.299 e. The molecule has 1 saturated carbocycles. The first-order chi connectivity index (χ1) is 14.8. The third kappa shape index (κ3) is 5.81. The summed E-state index contributed by atoms with van der Waals surface area (Å²) in [5, 5.41) is 0. The molecule has 0 aromatic heterocycles. The van der Waals surface area contributed by atoms with Crippen LogP contribution in [0.2, 0.25) is 0 Å². The van der Waals surface area contributed by atoms with Gasteiger partial charge < -0.3 is 0 Å². The van der Waals surface area contributed by atoms with Gasteiger partial charge in [0.2, 0.25) is 5.91 Å². The SMILES string of the molecule is CC(C)(C)C(=O)N(/C=C/C[C@]1(/C=C/c2ccccc2)CCCCC1=O)c1ccccc1. The van der Waals surface area contributed by atoms with Crippen molar-refractivity contribution in [3.8, 4) is 0 Å². The second-order valence-corrected chi connectivity index (χ2v) is 9.38. The number of carbonyl (C=O) groups excluding carboxylic acids is 2. The van der Waals surface area contributed by atoms with Gasteiger partial charge in [-0.2, -0.15) is 0 Å². The molecule has 0 spiro atoms. The van der Waals surface area contributed by atoms with E-state index in [0.29, 0.717) is 18.6 Å². The highest BCUT2D eigenvalue weighted by atomic mass is 16.2. The number of hydrogen-bond acceptors (Lipinski definition) is 2. The van der Waals surface area contributed by atoms with Crippen molar-refractivity contribution in [3.05, 3.63) is 84.6 Å². The van der Waals surface area contributed by atoms with Gasteiger partial charge in [-0.05, 0) is 37.0 Å². The van der Waals surface area contributed by atoms with Gasteiger partial charge in [0.25, 0.3) is 0 Å². The fourth-order valence-electron chi connectivity index (χ4n) is 3.98. The monoisotopic (exact) mass is 415 g/mol. The molecule has 0 saturated heterocycles. The summed E-state index contributed by atoms with van der Waals surface area (Å²) in [5.41, 5.74) is 0.921. The molecule has 1 amide bonds. The van der Waals surface area contributed by atoms with Crippen LogP contribution in [0.1, 0.15) is 58.4 Å². The van der Waals surface area contributed by atoms with E-state index in [1.165, 1.54) is 0 Å². The Labute approximate surface area is 186 Å². The quantitative estimate of drug-likeness (QED) is 0.519. The Hall–Kier alpha value is -2.94. The van der Waals surface area contributed by atoms with E-state index in [1.807, 2.05) is 93.7 Å². The van der Waals surface area contributed by atoms with Crippen molar-refractivity contribution in [2.75, 3.05) is 4.90 Å². The van der Waals surface area contributed by atoms with Crippen molar-refractivity contribution in [1.29, 1.82) is 0 Å². The molecule has 0 unspecified atom stereocenters. The smallest absolute Gasteiger partial charge is 0.236 e. The topological polar surface area (TPSA) is 37.4 Å². The fourth-order valence-corrected chi connectivity index (χ4v) is 3.98. The molecule has 162 valence electrons. The Bertz CT molecular complexity index is 938. The van der Waals surface area contributed by atoms with Gasteiger partial charge in [0.1, 0.15) is 5.78 Å². The molecule has 0 N–H and O–H groups in total. The Morgan fingerprint density at radius 3 is 2.26 bits per heavy atom. The minimum absolute atomic E-state index is 0.0267. The molecule has 0 aliphatic heterocycles. The highest BCUT2D eigenvalue weighted by Gasteiger charge is 2.36. The highest BCUT2D eigenvalue weighted by Crippen LogP contribution is 2.39. The first kappa shape index (κ1) is 22.7. The zero-order chi connectivity index (χ0) is 22.3. The number of allylic oxidation sites excluding steroid dienone is 2. The number of Topliss-reactive ketones (excluding diaryl/α,β-unsaturated/α-hetero) is 1. The number of benzene rings is 2. The third-order valence-corrected chi connectivity index (χ3v) is 5.86. The van der Waals surface area contributed by atoms with Crippen molar-refractivity contribution in [3.63, 3.8) is 0 Å². The summed E-state index contributed by atoms with van der Waals surface area (Å²) >= 11 is 0. The second kappa shape index (κ2) is 9.91. The van der Waals surface area contributed by atoms with Crippen molar-refractivity contribution < 1.29 is 9.59 Å². The van der Waals surface area contributed by atoms with Crippen LogP contribution in [0.4, 0.5) is 5.69 Å². The molecule has 1 atom stereocenters. The number of para-hydroxylation sites is 1. The number of carbonyl (C=O) groups is 2. The summed E-state index contributed by atoms with van der Waals surface area (Å²) < 4.78 is 0. The van der Waals surface area contributed by atoms with Crippen LogP contribution in [-0.4, -0.2) is 11.7 Å². The van der Waals surface area contributed by atoms with E-state index in [2.05, 4.69) is 12.2 Å². The molecule has 2 aromatic rings. The van der Waals surface area contributed by atoms with Gasteiger partial charge in [0.05, 0.1) is 5.41 Å². The number of hydrogen-bond donors (Lipinski definition) is 0. The summed E-state index contributed by atoms with van der Waals surface area (Å²) in [5.74, 6) is 0.322. The van der Waals surface area contributed by atoms with E-state index >= 15 is 0 Å². The molecular formula is C28H33NO2. The molecule has 1 aliphatic rings. The lowest BCUT2D eigenvalue weighted by molar-refractivity contribution is -0.128. The Kier molecular flexibility index (Phi) is 7.27. The third-order valence-electron chi connectivity index (χ3n) is 5.86. The molecular weight excluding hydrogens is 382 g/mol. The van der Waals surface area contributed by atoms with E-state index in [9.17, 15) is 9.59 Å². The number of nitrogens with zero attached hydrogens (tertiary/aromatic N) is 1. The predicted octanol–water partition coefficient (Wildman–Crippen LogP) is 6.81. The first-order valence-corrected chi connectivity index (χ1v) is 11.1. The van der Waals surface area contributed by atoms with Crippen LogP contribution in [0.5, 0.6) is 0 Å². The number of rotatable bonds is 6. The molecule has 0 heterocycles. The van der Waals surface area contributed by atoms with Crippen LogP contribution in [0.15, 0.2) is 79.0 Å². The van der Waals surface area contributed by atoms with Crippen LogP contribution in [0.3, 0.4) is 0 Å². The van der Waals surface area contributed by atoms with Crippen molar-refractivity contribution in [2.24, 2.45) is 10.8 Å². The standard InChI is InChI=1S/C28H33NO2/c1-27(2,3)26(31)29(24-15-8-5-9-16-24)22-12-20-28(19-11-10-17-25(28)30)21-18-23-13-6-4-7-14-23/h4-9,12-16,18,21-22H,10-11,17,19-20H2,1-3H3/b21-18+,22-12+/t28-/m0/s1. The van der Waals surface area contributed by atoms with Gasteiger partial charge in [0.15, 0.2) is 0 Å². The van der Waals surface area contributed by atoms with Gasteiger partial charge in [-0.25, -0.2) is 0 Å². The van der Waals surface area contributed by atoms with Gasteiger partial charge in [-0.1, -0.05) is 94.0 Å². The van der Waals surface area contributed by atoms with Gasteiger partial charge in [0, 0.05) is 23.7 Å². The maximum atomic E-state index is 13.1. The van der Waals surface area contributed by atoms with Crippen molar-refractivity contribution in [2.45, 2.75) is 52.9 Å². The minimum Gasteiger partial charge on any atom is -0.299 e. The molecule has 3 nitrogen and oxygen atoms in total. The number of amides is 1.